The molecule has 0 aliphatic heterocycles. The first-order valence-corrected chi connectivity index (χ1v) is 5.26. The first-order chi connectivity index (χ1) is 7.17. The van der Waals surface area contributed by atoms with E-state index < -0.39 is 0 Å². The normalized spacial score (nSPS) is 18.3. The summed E-state index contributed by atoms with van der Waals surface area (Å²) in [5.41, 5.74) is 1.11. The number of H-pyrrole nitrogens is 1. The third-order valence-electron chi connectivity index (χ3n) is 3.05. The van der Waals surface area contributed by atoms with Gasteiger partial charge in [0.15, 0.2) is 5.69 Å². The molecule has 0 spiro atoms. The van der Waals surface area contributed by atoms with Gasteiger partial charge in [-0.3, -0.25) is 0 Å². The van der Waals surface area contributed by atoms with Crippen LogP contribution in [0.2, 0.25) is 0 Å². The lowest BCUT2D eigenvalue weighted by molar-refractivity contribution is 0.0514. The fourth-order valence-electron chi connectivity index (χ4n) is 1.94. The van der Waals surface area contributed by atoms with Crippen LogP contribution in [0.1, 0.15) is 49.3 Å². The maximum absolute atomic E-state index is 11.6. The molecule has 1 heterocycles. The van der Waals surface area contributed by atoms with Crippen LogP contribution < -0.4 is 0 Å². The summed E-state index contributed by atoms with van der Waals surface area (Å²) in [7, 11) is 0. The van der Waals surface area contributed by atoms with Crippen LogP contribution in [0.15, 0.2) is 0 Å². The Labute approximate surface area is 88.2 Å². The molecule has 0 aromatic carbocycles. The number of hydrogen-bond acceptors (Lipinski definition) is 4. The van der Waals surface area contributed by atoms with E-state index in [1.807, 2.05) is 0 Å². The van der Waals surface area contributed by atoms with Gasteiger partial charge in [0.1, 0.15) is 5.69 Å². The number of aromatic amines is 1. The highest BCUT2D eigenvalue weighted by Gasteiger charge is 2.40. The van der Waals surface area contributed by atoms with Crippen molar-refractivity contribution in [1.29, 1.82) is 0 Å². The van der Waals surface area contributed by atoms with Gasteiger partial charge in [-0.2, -0.15) is 10.3 Å². The second kappa shape index (κ2) is 3.64. The Morgan fingerprint density at radius 1 is 1.53 bits per heavy atom. The third-order valence-corrected chi connectivity index (χ3v) is 3.05. The molecule has 5 heteroatoms. The molecule has 0 radical (unpaired) electrons. The van der Waals surface area contributed by atoms with Gasteiger partial charge in [0.2, 0.25) is 0 Å². The monoisotopic (exact) mass is 209 g/mol. The second-order valence-corrected chi connectivity index (χ2v) is 4.16. The summed E-state index contributed by atoms with van der Waals surface area (Å²) in [5.74, 6) is -0.380. The van der Waals surface area contributed by atoms with Gasteiger partial charge in [0.05, 0.1) is 6.61 Å². The smallest absolute Gasteiger partial charge is 0.360 e. The quantitative estimate of drug-likeness (QED) is 0.764. The molecule has 1 aromatic rings. The van der Waals surface area contributed by atoms with Gasteiger partial charge in [-0.25, -0.2) is 4.79 Å². The van der Waals surface area contributed by atoms with Gasteiger partial charge in [0, 0.05) is 5.41 Å². The number of esters is 1. The second-order valence-electron chi connectivity index (χ2n) is 4.16. The Morgan fingerprint density at radius 2 is 2.27 bits per heavy atom. The summed E-state index contributed by atoms with van der Waals surface area (Å²) in [6, 6.07) is 0. The van der Waals surface area contributed by atoms with Gasteiger partial charge in [0.25, 0.3) is 0 Å². The molecule has 1 aliphatic carbocycles. The van der Waals surface area contributed by atoms with Crippen molar-refractivity contribution < 1.29 is 9.53 Å². The van der Waals surface area contributed by atoms with Crippen LogP contribution in [0, 0.1) is 0 Å². The van der Waals surface area contributed by atoms with Crippen LogP contribution in [-0.4, -0.2) is 28.0 Å². The molecule has 5 nitrogen and oxygen atoms in total. The largest absolute Gasteiger partial charge is 0.461 e. The molecule has 1 fully saturated rings. The molecule has 1 N–H and O–H groups in total. The summed E-state index contributed by atoms with van der Waals surface area (Å²) in [6.07, 6.45) is 3.31. The minimum atomic E-state index is -0.380. The van der Waals surface area contributed by atoms with Crippen LogP contribution in [0.5, 0.6) is 0 Å². The minimum absolute atomic E-state index is 0.00902. The Hall–Kier alpha value is -1.39. The van der Waals surface area contributed by atoms with Gasteiger partial charge in [-0.05, 0) is 19.8 Å². The molecule has 1 saturated carbocycles. The molecule has 1 aliphatic rings. The Morgan fingerprint density at radius 3 is 2.80 bits per heavy atom. The summed E-state index contributed by atoms with van der Waals surface area (Å²) in [4.78, 5) is 11.6. The molecule has 0 bridgehead atoms. The van der Waals surface area contributed by atoms with Crippen LogP contribution in [-0.2, 0) is 10.2 Å². The lowest BCUT2D eigenvalue weighted by Crippen LogP contribution is -2.32. The number of carbonyl (C=O) groups is 1. The molecule has 0 unspecified atom stereocenters. The molecule has 1 aromatic heterocycles. The van der Waals surface area contributed by atoms with E-state index in [0.717, 1.165) is 18.5 Å². The van der Waals surface area contributed by atoms with E-state index in [4.69, 9.17) is 4.74 Å². The van der Waals surface area contributed by atoms with Crippen molar-refractivity contribution in [3.8, 4) is 0 Å². The van der Waals surface area contributed by atoms with E-state index in [0.29, 0.717) is 12.3 Å². The fraction of sp³-hybridized carbons (Fsp3) is 0.700. The summed E-state index contributed by atoms with van der Waals surface area (Å²) in [6.45, 7) is 4.25. The van der Waals surface area contributed by atoms with Crippen molar-refractivity contribution in [2.75, 3.05) is 6.61 Å². The van der Waals surface area contributed by atoms with E-state index in [1.54, 1.807) is 6.92 Å². The van der Waals surface area contributed by atoms with Gasteiger partial charge in [-0.1, -0.05) is 13.3 Å². The zero-order chi connectivity index (χ0) is 10.9. The average Bonchev–Trinajstić information content (AvgIpc) is 2.63. The minimum Gasteiger partial charge on any atom is -0.461 e. The molecule has 2 rings (SSSR count). The highest BCUT2D eigenvalue weighted by atomic mass is 16.5. The number of rotatable bonds is 3. The predicted octanol–water partition coefficient (Wildman–Crippen LogP) is 1.42. The zero-order valence-corrected chi connectivity index (χ0v) is 9.04. The van der Waals surface area contributed by atoms with Crippen molar-refractivity contribution >= 4 is 5.97 Å². The van der Waals surface area contributed by atoms with Crippen molar-refractivity contribution in [1.82, 2.24) is 15.4 Å². The first-order valence-electron chi connectivity index (χ1n) is 5.26. The molecule has 0 atom stereocenters. The average molecular weight is 209 g/mol. The molecular formula is C10H15N3O2. The molecular weight excluding hydrogens is 194 g/mol. The van der Waals surface area contributed by atoms with Gasteiger partial charge < -0.3 is 4.74 Å². The highest BCUT2D eigenvalue weighted by molar-refractivity contribution is 5.88. The molecule has 0 amide bonds. The maximum atomic E-state index is 11.6. The fourth-order valence-corrected chi connectivity index (χ4v) is 1.94. The Bertz CT molecular complexity index is 368. The number of nitrogens with zero attached hydrogens (tertiary/aromatic N) is 2. The molecule has 82 valence electrons. The SMILES string of the molecule is CCOC(=O)c1n[nH]nc1C1(C)CCC1. The molecule has 0 saturated heterocycles. The third kappa shape index (κ3) is 1.62. The number of hydrogen-bond donors (Lipinski definition) is 1. The van der Waals surface area contributed by atoms with Crippen molar-refractivity contribution in [2.45, 2.75) is 38.5 Å². The van der Waals surface area contributed by atoms with E-state index in [9.17, 15) is 4.79 Å². The maximum Gasteiger partial charge on any atom is 0.360 e. The lowest BCUT2D eigenvalue weighted by Gasteiger charge is -2.36. The van der Waals surface area contributed by atoms with Crippen molar-refractivity contribution in [3.05, 3.63) is 11.4 Å². The highest BCUT2D eigenvalue weighted by Crippen LogP contribution is 2.43. The van der Waals surface area contributed by atoms with Crippen LogP contribution in [0.4, 0.5) is 0 Å². The van der Waals surface area contributed by atoms with E-state index in [2.05, 4.69) is 22.3 Å². The zero-order valence-electron chi connectivity index (χ0n) is 9.04. The van der Waals surface area contributed by atoms with Crippen LogP contribution in [0.25, 0.3) is 0 Å². The van der Waals surface area contributed by atoms with Gasteiger partial charge in [-0.15, -0.1) is 5.10 Å². The number of nitrogens with one attached hydrogen (secondary N) is 1. The summed E-state index contributed by atoms with van der Waals surface area (Å²) >= 11 is 0. The molecule has 15 heavy (non-hydrogen) atoms. The van der Waals surface area contributed by atoms with Crippen molar-refractivity contribution in [3.63, 3.8) is 0 Å². The van der Waals surface area contributed by atoms with Gasteiger partial charge >= 0.3 is 5.97 Å². The topological polar surface area (TPSA) is 67.9 Å². The first kappa shape index (κ1) is 10.1. The standard InChI is InChI=1S/C10H15N3O2/c1-3-15-9(14)7-8(12-13-11-7)10(2)5-4-6-10/h3-6H2,1-2H3,(H,11,12,13). The lowest BCUT2D eigenvalue weighted by atomic mass is 9.68. The predicted molar refractivity (Wildman–Crippen MR) is 53.5 cm³/mol. The van der Waals surface area contributed by atoms with Crippen LogP contribution >= 0.6 is 0 Å². The van der Waals surface area contributed by atoms with E-state index in [1.165, 1.54) is 6.42 Å². The number of carbonyl (C=O) groups excluding carboxylic acids is 1. The van der Waals surface area contributed by atoms with E-state index >= 15 is 0 Å². The summed E-state index contributed by atoms with van der Waals surface area (Å²) in [5, 5.41) is 10.5. The Kier molecular flexibility index (Phi) is 2.46. The van der Waals surface area contributed by atoms with Crippen LogP contribution in [0.3, 0.4) is 0 Å². The van der Waals surface area contributed by atoms with Crippen molar-refractivity contribution in [2.24, 2.45) is 0 Å². The van der Waals surface area contributed by atoms with E-state index in [-0.39, 0.29) is 11.4 Å². The summed E-state index contributed by atoms with van der Waals surface area (Å²) < 4.78 is 4.93. The number of ether oxygens (including phenoxy) is 1. The Balaban J connectivity index is 2.25. The number of aromatic nitrogens is 3.